The van der Waals surface area contributed by atoms with E-state index in [4.69, 9.17) is 0 Å². The van der Waals surface area contributed by atoms with Gasteiger partial charge in [0, 0.05) is 5.54 Å². The average molecular weight is 126 g/mol. The molecule has 7 heavy (non-hydrogen) atoms. The van der Waals surface area contributed by atoms with E-state index in [1.54, 1.807) is 0 Å². The highest BCUT2D eigenvalue weighted by Crippen LogP contribution is 2.46. The summed E-state index contributed by atoms with van der Waals surface area (Å²) in [6.07, 6.45) is 0.825. The summed E-state index contributed by atoms with van der Waals surface area (Å²) in [6, 6.07) is 0. The van der Waals surface area contributed by atoms with Gasteiger partial charge in [-0.05, 0) is 12.8 Å². The molecule has 0 spiro atoms. The predicted octanol–water partition coefficient (Wildman–Crippen LogP) is 2.00. The van der Waals surface area contributed by atoms with Gasteiger partial charge in [-0.25, -0.2) is 12.3 Å². The predicted molar refractivity (Wildman–Crippen MR) is 22.1 cm³/mol. The van der Waals surface area contributed by atoms with Crippen LogP contribution < -0.4 is 0 Å². The maximum absolute atomic E-state index is 11.4. The molecule has 0 amide bonds. The molecule has 42 valence electrons. The number of halogens is 3. The smallest absolute Gasteiger partial charge is 0.237 e. The zero-order valence-electron chi connectivity index (χ0n) is 3.63. The summed E-state index contributed by atoms with van der Waals surface area (Å²) in [5.74, 6) is 0. The van der Waals surface area contributed by atoms with Gasteiger partial charge in [0.1, 0.15) is 0 Å². The number of rotatable bonds is 1. The second-order valence-electron chi connectivity index (χ2n) is 1.82. The van der Waals surface area contributed by atoms with Crippen LogP contribution in [0.4, 0.5) is 12.3 Å². The first-order valence-corrected chi connectivity index (χ1v) is 3.88. The summed E-state index contributed by atoms with van der Waals surface area (Å²) in [6.45, 7) is 0. The van der Waals surface area contributed by atoms with Gasteiger partial charge in [0.05, 0.1) is 0 Å². The summed E-state index contributed by atoms with van der Waals surface area (Å²) >= 11 is 0. The van der Waals surface area contributed by atoms with Crippen molar-refractivity contribution in [3.8, 4) is 0 Å². The van der Waals surface area contributed by atoms with Crippen molar-refractivity contribution < 1.29 is 12.3 Å². The average Bonchev–Trinajstić information content (AvgIpc) is 1.99. The maximum atomic E-state index is 11.4. The van der Waals surface area contributed by atoms with Gasteiger partial charge in [0.15, 0.2) is 0 Å². The molecule has 1 saturated carbocycles. The largest absolute Gasteiger partial charge is 0.619 e. The van der Waals surface area contributed by atoms with Crippen molar-refractivity contribution in [2.24, 2.45) is 0 Å². The molecule has 0 nitrogen and oxygen atoms in total. The van der Waals surface area contributed by atoms with Crippen LogP contribution in [0.1, 0.15) is 12.8 Å². The third-order valence-corrected chi connectivity index (χ3v) is 2.54. The lowest BCUT2D eigenvalue weighted by Gasteiger charge is -1.93. The van der Waals surface area contributed by atoms with E-state index in [1.165, 1.54) is 0 Å². The van der Waals surface area contributed by atoms with Gasteiger partial charge in [0.25, 0.3) is 0 Å². The lowest BCUT2D eigenvalue weighted by atomic mass is 11.0. The second kappa shape index (κ2) is 1.24. The topological polar surface area (TPSA) is 0 Å². The van der Waals surface area contributed by atoms with Crippen LogP contribution in [0.25, 0.3) is 0 Å². The highest BCUT2D eigenvalue weighted by Gasteiger charge is 2.53. The normalized spacial score (nSPS) is 22.7. The van der Waals surface area contributed by atoms with Gasteiger partial charge in [-0.1, -0.05) is 0 Å². The summed E-state index contributed by atoms with van der Waals surface area (Å²) in [4.78, 5) is 0. The molecular formula is C3H5F3Si. The third-order valence-electron chi connectivity index (χ3n) is 1.04. The van der Waals surface area contributed by atoms with Crippen molar-refractivity contribution in [1.29, 1.82) is 0 Å². The van der Waals surface area contributed by atoms with Gasteiger partial charge >= 0.3 is 9.08 Å². The quantitative estimate of drug-likeness (QED) is 0.372. The zero-order valence-corrected chi connectivity index (χ0v) is 4.63. The highest BCUT2D eigenvalue weighted by molar-refractivity contribution is 6.61. The van der Waals surface area contributed by atoms with E-state index >= 15 is 0 Å². The molecule has 0 atom stereocenters. The van der Waals surface area contributed by atoms with Crippen LogP contribution in [0.3, 0.4) is 0 Å². The Bertz CT molecular complexity index is 72.7. The minimum absolute atomic E-state index is 0.412. The Morgan fingerprint density at radius 2 is 1.57 bits per heavy atom. The minimum Gasteiger partial charge on any atom is -0.237 e. The van der Waals surface area contributed by atoms with Crippen molar-refractivity contribution in [1.82, 2.24) is 0 Å². The van der Waals surface area contributed by atoms with E-state index in [-0.39, 0.29) is 0 Å². The molecule has 4 heteroatoms. The first-order valence-electron chi connectivity index (χ1n) is 2.17. The van der Waals surface area contributed by atoms with Gasteiger partial charge in [-0.15, -0.1) is 0 Å². The van der Waals surface area contributed by atoms with Crippen LogP contribution in [-0.4, -0.2) is 9.08 Å². The summed E-state index contributed by atoms with van der Waals surface area (Å²) in [7, 11) is -5.12. The Morgan fingerprint density at radius 1 is 1.14 bits per heavy atom. The molecule has 0 heterocycles. The standard InChI is InChI=1S/C3H5F3Si/c4-7(5,6)3-1-2-3/h3H,1-2H2. The molecular weight excluding hydrogens is 121 g/mol. The molecule has 0 bridgehead atoms. The molecule has 0 aromatic heterocycles. The molecule has 0 unspecified atom stereocenters. The fourth-order valence-electron chi connectivity index (χ4n) is 0.411. The van der Waals surface area contributed by atoms with E-state index in [2.05, 4.69) is 0 Å². The first kappa shape index (κ1) is 5.15. The van der Waals surface area contributed by atoms with Gasteiger partial charge < -0.3 is 0 Å². The van der Waals surface area contributed by atoms with E-state index in [9.17, 15) is 12.3 Å². The van der Waals surface area contributed by atoms with Crippen LogP contribution in [0, 0.1) is 0 Å². The Kier molecular flexibility index (Phi) is 0.914. The monoisotopic (exact) mass is 126 g/mol. The van der Waals surface area contributed by atoms with Gasteiger partial charge in [0.2, 0.25) is 0 Å². The lowest BCUT2D eigenvalue weighted by Crippen LogP contribution is -2.13. The molecule has 0 radical (unpaired) electrons. The zero-order chi connectivity index (χ0) is 5.49. The Labute approximate surface area is 40.9 Å². The maximum Gasteiger partial charge on any atom is 0.619 e. The summed E-state index contributed by atoms with van der Waals surface area (Å²) in [5.41, 5.74) is -0.813. The third kappa shape index (κ3) is 1.19. The van der Waals surface area contributed by atoms with E-state index in [1.807, 2.05) is 0 Å². The highest BCUT2D eigenvalue weighted by atomic mass is 28.5. The first-order chi connectivity index (χ1) is 3.11. The summed E-state index contributed by atoms with van der Waals surface area (Å²) < 4.78 is 34.1. The molecule has 0 aliphatic heterocycles. The molecule has 1 aliphatic rings. The lowest BCUT2D eigenvalue weighted by molar-refractivity contribution is 0.465. The van der Waals surface area contributed by atoms with Crippen molar-refractivity contribution >= 4 is 9.08 Å². The Morgan fingerprint density at radius 3 is 1.57 bits per heavy atom. The molecule has 1 aliphatic carbocycles. The van der Waals surface area contributed by atoms with Gasteiger partial charge in [-0.3, -0.25) is 0 Å². The molecule has 1 fully saturated rings. The fraction of sp³-hybridized carbons (Fsp3) is 1.00. The minimum atomic E-state index is -5.12. The van der Waals surface area contributed by atoms with E-state index < -0.39 is 14.6 Å². The second-order valence-corrected chi connectivity index (χ2v) is 3.72. The van der Waals surface area contributed by atoms with Gasteiger partial charge in [-0.2, -0.15) is 0 Å². The van der Waals surface area contributed by atoms with Crippen molar-refractivity contribution in [2.45, 2.75) is 18.4 Å². The molecule has 1 rings (SSSR count). The Hall–Kier alpha value is 0.00688. The number of hydrogen-bond acceptors (Lipinski definition) is 0. The van der Waals surface area contributed by atoms with Crippen LogP contribution in [0.5, 0.6) is 0 Å². The number of hydrogen-bond donors (Lipinski definition) is 0. The van der Waals surface area contributed by atoms with Crippen molar-refractivity contribution in [3.05, 3.63) is 0 Å². The Balaban J connectivity index is 2.36. The van der Waals surface area contributed by atoms with Crippen molar-refractivity contribution in [2.75, 3.05) is 0 Å². The van der Waals surface area contributed by atoms with Crippen LogP contribution in [-0.2, 0) is 0 Å². The molecule has 0 aromatic rings. The SMILES string of the molecule is F[Si](F)(F)C1CC1. The molecule has 0 saturated heterocycles. The van der Waals surface area contributed by atoms with Crippen LogP contribution in [0.15, 0.2) is 0 Å². The van der Waals surface area contributed by atoms with Crippen molar-refractivity contribution in [3.63, 3.8) is 0 Å². The molecule has 0 aromatic carbocycles. The fourth-order valence-corrected chi connectivity index (χ4v) is 1.23. The van der Waals surface area contributed by atoms with E-state index in [0.717, 1.165) is 0 Å². The summed E-state index contributed by atoms with van der Waals surface area (Å²) in [5, 5.41) is 0. The molecule has 0 N–H and O–H groups in total. The van der Waals surface area contributed by atoms with Crippen LogP contribution in [0.2, 0.25) is 5.54 Å². The van der Waals surface area contributed by atoms with E-state index in [0.29, 0.717) is 12.8 Å². The van der Waals surface area contributed by atoms with Crippen LogP contribution >= 0.6 is 0 Å².